The number of rotatable bonds is 7. The zero-order valence-corrected chi connectivity index (χ0v) is 14.7. The van der Waals surface area contributed by atoms with E-state index in [1.807, 2.05) is 27.7 Å². The average molecular weight is 312 g/mol. The summed E-state index contributed by atoms with van der Waals surface area (Å²) in [6.45, 7) is 10.3. The number of carbonyl (C=O) groups excluding carboxylic acids is 1. The number of likely N-dealkylation sites (N-methyl/N-ethyl adjacent to an activating group) is 1. The number of hydrogen-bond acceptors (Lipinski definition) is 3. The van der Waals surface area contributed by atoms with Crippen LogP contribution >= 0.6 is 0 Å². The standard InChI is InChI=1S/C17H32N2O3/c1-6-19(13-10-8-7-9-11-13)17(4,5)16(22)18-14(12(2)3)15(20)21/h12-14H,6-11H2,1-5H3,(H,18,22)(H,20,21). The largest absolute Gasteiger partial charge is 0.480 e. The third kappa shape index (κ3) is 4.45. The van der Waals surface area contributed by atoms with Gasteiger partial charge in [0.2, 0.25) is 5.91 Å². The van der Waals surface area contributed by atoms with Crippen molar-refractivity contribution in [3.63, 3.8) is 0 Å². The zero-order chi connectivity index (χ0) is 16.9. The van der Waals surface area contributed by atoms with Gasteiger partial charge in [-0.15, -0.1) is 0 Å². The van der Waals surface area contributed by atoms with Crippen LogP contribution in [-0.4, -0.2) is 46.1 Å². The third-order valence-electron chi connectivity index (χ3n) is 4.85. The number of carbonyl (C=O) groups is 2. The van der Waals surface area contributed by atoms with Crippen molar-refractivity contribution in [2.24, 2.45) is 5.92 Å². The Balaban J connectivity index is 2.84. The second-order valence-corrected chi connectivity index (χ2v) is 7.17. The number of carboxylic acids is 1. The van der Waals surface area contributed by atoms with Gasteiger partial charge in [0, 0.05) is 6.04 Å². The lowest BCUT2D eigenvalue weighted by molar-refractivity contribution is -0.146. The molecule has 0 bridgehead atoms. The van der Waals surface area contributed by atoms with Crippen LogP contribution in [0, 0.1) is 5.92 Å². The Hall–Kier alpha value is -1.10. The summed E-state index contributed by atoms with van der Waals surface area (Å²) in [7, 11) is 0. The Morgan fingerprint density at radius 2 is 1.77 bits per heavy atom. The summed E-state index contributed by atoms with van der Waals surface area (Å²) in [5.74, 6) is -1.30. The first-order chi connectivity index (χ1) is 10.2. The van der Waals surface area contributed by atoms with Crippen LogP contribution in [0.15, 0.2) is 0 Å². The molecule has 0 heterocycles. The number of nitrogens with one attached hydrogen (secondary N) is 1. The van der Waals surface area contributed by atoms with E-state index in [0.29, 0.717) is 6.04 Å². The molecule has 1 atom stereocenters. The van der Waals surface area contributed by atoms with Crippen LogP contribution in [0.2, 0.25) is 0 Å². The molecule has 0 aromatic carbocycles. The molecular weight excluding hydrogens is 280 g/mol. The molecule has 1 aliphatic rings. The molecule has 22 heavy (non-hydrogen) atoms. The highest BCUT2D eigenvalue weighted by Gasteiger charge is 2.40. The number of hydrogen-bond donors (Lipinski definition) is 2. The van der Waals surface area contributed by atoms with Gasteiger partial charge in [-0.1, -0.05) is 40.0 Å². The van der Waals surface area contributed by atoms with E-state index in [1.165, 1.54) is 19.3 Å². The highest BCUT2D eigenvalue weighted by molar-refractivity contribution is 5.89. The van der Waals surface area contributed by atoms with Gasteiger partial charge in [-0.25, -0.2) is 4.79 Å². The molecule has 0 aromatic heterocycles. The van der Waals surface area contributed by atoms with E-state index in [2.05, 4.69) is 17.1 Å². The lowest BCUT2D eigenvalue weighted by Crippen LogP contribution is -2.61. The fourth-order valence-corrected chi connectivity index (χ4v) is 3.46. The molecule has 1 rings (SSSR count). The molecule has 0 radical (unpaired) electrons. The van der Waals surface area contributed by atoms with Gasteiger partial charge in [0.1, 0.15) is 6.04 Å². The maximum atomic E-state index is 12.7. The number of carboxylic acid groups (broad SMARTS) is 1. The zero-order valence-electron chi connectivity index (χ0n) is 14.7. The summed E-state index contributed by atoms with van der Waals surface area (Å²) in [4.78, 5) is 26.3. The predicted octanol–water partition coefficient (Wildman–Crippen LogP) is 2.65. The summed E-state index contributed by atoms with van der Waals surface area (Å²) in [6.07, 6.45) is 5.94. The predicted molar refractivity (Wildman–Crippen MR) is 87.7 cm³/mol. The van der Waals surface area contributed by atoms with Crippen molar-refractivity contribution in [3.05, 3.63) is 0 Å². The minimum absolute atomic E-state index is 0.137. The first-order valence-electron chi connectivity index (χ1n) is 8.52. The maximum absolute atomic E-state index is 12.7. The van der Waals surface area contributed by atoms with E-state index in [-0.39, 0.29) is 11.8 Å². The Labute approximate surface area is 134 Å². The number of nitrogens with zero attached hydrogens (tertiary/aromatic N) is 1. The van der Waals surface area contributed by atoms with Crippen molar-refractivity contribution in [2.75, 3.05) is 6.54 Å². The summed E-state index contributed by atoms with van der Waals surface area (Å²) in [5, 5.41) is 12.0. The number of amides is 1. The van der Waals surface area contributed by atoms with Crippen molar-refractivity contribution >= 4 is 11.9 Å². The normalized spacial score (nSPS) is 18.5. The van der Waals surface area contributed by atoms with Crippen LogP contribution in [0.1, 0.15) is 66.7 Å². The first kappa shape index (κ1) is 18.9. The second-order valence-electron chi connectivity index (χ2n) is 7.17. The van der Waals surface area contributed by atoms with E-state index in [1.54, 1.807) is 0 Å². The fraction of sp³-hybridized carbons (Fsp3) is 0.882. The fourth-order valence-electron chi connectivity index (χ4n) is 3.46. The molecule has 1 amide bonds. The Morgan fingerprint density at radius 3 is 2.18 bits per heavy atom. The van der Waals surface area contributed by atoms with Gasteiger partial charge < -0.3 is 10.4 Å². The van der Waals surface area contributed by atoms with Crippen LogP contribution < -0.4 is 5.32 Å². The molecule has 5 nitrogen and oxygen atoms in total. The molecule has 2 N–H and O–H groups in total. The Kier molecular flexibility index (Phi) is 6.85. The topological polar surface area (TPSA) is 69.6 Å². The van der Waals surface area contributed by atoms with Crippen molar-refractivity contribution in [1.82, 2.24) is 10.2 Å². The van der Waals surface area contributed by atoms with Crippen LogP contribution in [0.4, 0.5) is 0 Å². The molecule has 128 valence electrons. The first-order valence-corrected chi connectivity index (χ1v) is 8.52. The lowest BCUT2D eigenvalue weighted by Gasteiger charge is -2.44. The molecular formula is C17H32N2O3. The monoisotopic (exact) mass is 312 g/mol. The molecule has 1 fully saturated rings. The molecule has 1 saturated carbocycles. The average Bonchev–Trinajstić information content (AvgIpc) is 2.45. The van der Waals surface area contributed by atoms with E-state index in [4.69, 9.17) is 0 Å². The van der Waals surface area contributed by atoms with E-state index < -0.39 is 17.6 Å². The van der Waals surface area contributed by atoms with Crippen molar-refractivity contribution in [1.29, 1.82) is 0 Å². The van der Waals surface area contributed by atoms with Crippen LogP contribution in [0.3, 0.4) is 0 Å². The molecule has 0 aromatic rings. The van der Waals surface area contributed by atoms with E-state index in [9.17, 15) is 14.7 Å². The SMILES string of the molecule is CCN(C1CCCCC1)C(C)(C)C(=O)NC(C(=O)O)C(C)C. The van der Waals surface area contributed by atoms with Crippen molar-refractivity contribution in [3.8, 4) is 0 Å². The van der Waals surface area contributed by atoms with Crippen molar-refractivity contribution < 1.29 is 14.7 Å². The van der Waals surface area contributed by atoms with Gasteiger partial charge in [0.25, 0.3) is 0 Å². The molecule has 1 unspecified atom stereocenters. The van der Waals surface area contributed by atoms with Gasteiger partial charge in [0.15, 0.2) is 0 Å². The molecule has 5 heteroatoms. The van der Waals surface area contributed by atoms with Gasteiger partial charge in [-0.05, 0) is 39.2 Å². The van der Waals surface area contributed by atoms with Gasteiger partial charge >= 0.3 is 5.97 Å². The van der Waals surface area contributed by atoms with Gasteiger partial charge in [-0.3, -0.25) is 9.69 Å². The highest BCUT2D eigenvalue weighted by Crippen LogP contribution is 2.28. The van der Waals surface area contributed by atoms with Gasteiger partial charge in [0.05, 0.1) is 5.54 Å². The molecule has 0 spiro atoms. The number of aliphatic carboxylic acids is 1. The highest BCUT2D eigenvalue weighted by atomic mass is 16.4. The lowest BCUT2D eigenvalue weighted by atomic mass is 9.89. The maximum Gasteiger partial charge on any atom is 0.326 e. The van der Waals surface area contributed by atoms with Crippen LogP contribution in [-0.2, 0) is 9.59 Å². The minimum Gasteiger partial charge on any atom is -0.480 e. The second kappa shape index (κ2) is 7.95. The minimum atomic E-state index is -0.972. The summed E-state index contributed by atoms with van der Waals surface area (Å²) >= 11 is 0. The van der Waals surface area contributed by atoms with Crippen molar-refractivity contribution in [2.45, 2.75) is 84.3 Å². The molecule has 0 aliphatic heterocycles. The van der Waals surface area contributed by atoms with E-state index in [0.717, 1.165) is 19.4 Å². The Bertz CT molecular complexity index is 387. The molecule has 0 saturated heterocycles. The smallest absolute Gasteiger partial charge is 0.326 e. The van der Waals surface area contributed by atoms with Gasteiger partial charge in [-0.2, -0.15) is 0 Å². The summed E-state index contributed by atoms with van der Waals surface area (Å²) in [5.41, 5.74) is -0.695. The van der Waals surface area contributed by atoms with E-state index >= 15 is 0 Å². The van der Waals surface area contributed by atoms with Crippen LogP contribution in [0.5, 0.6) is 0 Å². The Morgan fingerprint density at radius 1 is 1.23 bits per heavy atom. The summed E-state index contributed by atoms with van der Waals surface area (Å²) in [6, 6.07) is -0.418. The summed E-state index contributed by atoms with van der Waals surface area (Å²) < 4.78 is 0. The quantitative estimate of drug-likeness (QED) is 0.758. The third-order valence-corrected chi connectivity index (χ3v) is 4.85. The van der Waals surface area contributed by atoms with Crippen LogP contribution in [0.25, 0.3) is 0 Å². The molecule has 1 aliphatic carbocycles.